The van der Waals surface area contributed by atoms with Gasteiger partial charge in [0.1, 0.15) is 11.3 Å². The van der Waals surface area contributed by atoms with Crippen LogP contribution in [0.5, 0.6) is 5.75 Å². The molecule has 4 N–H and O–H groups in total. The highest BCUT2D eigenvalue weighted by Gasteiger charge is 2.15. The Bertz CT molecular complexity index is 561. The topological polar surface area (TPSA) is 85.3 Å². The Morgan fingerprint density at radius 3 is 3.00 bits per heavy atom. The van der Waals surface area contributed by atoms with Gasteiger partial charge in [-0.15, -0.1) is 0 Å². The molecule has 1 unspecified atom stereocenters. The van der Waals surface area contributed by atoms with Crippen molar-refractivity contribution in [1.82, 2.24) is 10.3 Å². The maximum Gasteiger partial charge on any atom is 0.305 e. The SMILES string of the molecule is CNCC(O)c1ccc(O)c2[nH]c(=O)sc12. The van der Waals surface area contributed by atoms with Crippen LogP contribution in [-0.2, 0) is 0 Å². The number of hydrogen-bond acceptors (Lipinski definition) is 5. The van der Waals surface area contributed by atoms with E-state index in [1.807, 2.05) is 0 Å². The van der Waals surface area contributed by atoms with E-state index in [-0.39, 0.29) is 10.6 Å². The lowest BCUT2D eigenvalue weighted by atomic mass is 10.1. The highest BCUT2D eigenvalue weighted by atomic mass is 32.1. The van der Waals surface area contributed by atoms with Gasteiger partial charge in [-0.25, -0.2) is 0 Å². The second-order valence-corrected chi connectivity index (χ2v) is 4.45. The zero-order valence-corrected chi connectivity index (χ0v) is 9.47. The molecule has 86 valence electrons. The molecule has 1 atom stereocenters. The number of benzene rings is 1. The lowest BCUT2D eigenvalue weighted by Gasteiger charge is -2.11. The van der Waals surface area contributed by atoms with Crippen molar-refractivity contribution in [3.63, 3.8) is 0 Å². The Hall–Kier alpha value is -1.37. The normalized spacial score (nSPS) is 13.1. The molecular formula is C10H12N2O3S. The fourth-order valence-electron chi connectivity index (χ4n) is 1.61. The lowest BCUT2D eigenvalue weighted by molar-refractivity contribution is 0.179. The zero-order valence-electron chi connectivity index (χ0n) is 8.65. The lowest BCUT2D eigenvalue weighted by Crippen LogP contribution is -2.16. The third-order valence-electron chi connectivity index (χ3n) is 2.34. The molecular weight excluding hydrogens is 228 g/mol. The van der Waals surface area contributed by atoms with Gasteiger partial charge < -0.3 is 20.5 Å². The highest BCUT2D eigenvalue weighted by molar-refractivity contribution is 7.16. The van der Waals surface area contributed by atoms with Gasteiger partial charge in [-0.3, -0.25) is 4.79 Å². The monoisotopic (exact) mass is 240 g/mol. The summed E-state index contributed by atoms with van der Waals surface area (Å²) >= 11 is 0.988. The standard InChI is InChI=1S/C10H12N2O3S/c1-11-4-7(14)5-2-3-6(13)8-9(5)16-10(15)12-8/h2-3,7,11,13-14H,4H2,1H3,(H,12,15). The summed E-state index contributed by atoms with van der Waals surface area (Å²) in [5.74, 6) is 0.0220. The average molecular weight is 240 g/mol. The fraction of sp³-hybridized carbons (Fsp3) is 0.300. The van der Waals surface area contributed by atoms with Gasteiger partial charge in [-0.2, -0.15) is 0 Å². The van der Waals surface area contributed by atoms with E-state index in [0.717, 1.165) is 11.3 Å². The number of H-pyrrole nitrogens is 1. The molecule has 0 aliphatic heterocycles. The number of likely N-dealkylation sites (N-methyl/N-ethyl adjacent to an activating group) is 1. The van der Waals surface area contributed by atoms with Crippen LogP contribution in [0.2, 0.25) is 0 Å². The summed E-state index contributed by atoms with van der Waals surface area (Å²) in [6.07, 6.45) is -0.695. The molecule has 0 saturated heterocycles. The predicted molar refractivity (Wildman–Crippen MR) is 63.0 cm³/mol. The van der Waals surface area contributed by atoms with E-state index in [9.17, 15) is 15.0 Å². The zero-order chi connectivity index (χ0) is 11.7. The summed E-state index contributed by atoms with van der Waals surface area (Å²) in [6.45, 7) is 0.395. The van der Waals surface area contributed by atoms with Crippen LogP contribution in [0, 0.1) is 0 Å². The Morgan fingerprint density at radius 1 is 1.56 bits per heavy atom. The van der Waals surface area contributed by atoms with Crippen LogP contribution in [0.4, 0.5) is 0 Å². The van der Waals surface area contributed by atoms with E-state index in [4.69, 9.17) is 0 Å². The minimum atomic E-state index is -0.695. The number of fused-ring (bicyclic) bond motifs is 1. The number of aliphatic hydroxyl groups excluding tert-OH is 1. The molecule has 0 fully saturated rings. The molecule has 0 spiro atoms. The summed E-state index contributed by atoms with van der Waals surface area (Å²) in [4.78, 5) is 13.5. The molecule has 6 heteroatoms. The van der Waals surface area contributed by atoms with Crippen molar-refractivity contribution >= 4 is 21.6 Å². The largest absolute Gasteiger partial charge is 0.506 e. The molecule has 2 rings (SSSR count). The summed E-state index contributed by atoms with van der Waals surface area (Å²) in [5.41, 5.74) is 1.04. The molecule has 16 heavy (non-hydrogen) atoms. The van der Waals surface area contributed by atoms with E-state index < -0.39 is 6.10 Å². The molecule has 2 aromatic rings. The Labute approximate surface area is 95.4 Å². The van der Waals surface area contributed by atoms with Crippen LogP contribution in [0.15, 0.2) is 16.9 Å². The Morgan fingerprint density at radius 2 is 2.31 bits per heavy atom. The van der Waals surface area contributed by atoms with Crippen molar-refractivity contribution in [1.29, 1.82) is 0 Å². The van der Waals surface area contributed by atoms with Gasteiger partial charge in [0.15, 0.2) is 0 Å². The molecule has 0 aliphatic carbocycles. The van der Waals surface area contributed by atoms with Crippen LogP contribution in [-0.4, -0.2) is 28.8 Å². The number of phenolic OH excluding ortho intramolecular Hbond substituents is 1. The van der Waals surface area contributed by atoms with Crippen molar-refractivity contribution < 1.29 is 10.2 Å². The first kappa shape index (κ1) is 11.1. The molecule has 1 heterocycles. The second kappa shape index (κ2) is 4.25. The van der Waals surface area contributed by atoms with Crippen LogP contribution in [0.1, 0.15) is 11.7 Å². The predicted octanol–water partition coefficient (Wildman–Crippen LogP) is 0.548. The number of rotatable bonds is 3. The third kappa shape index (κ3) is 1.82. The van der Waals surface area contributed by atoms with Crippen LogP contribution < -0.4 is 10.2 Å². The van der Waals surface area contributed by atoms with Crippen LogP contribution in [0.3, 0.4) is 0 Å². The van der Waals surface area contributed by atoms with Gasteiger partial charge in [-0.1, -0.05) is 17.4 Å². The number of hydrogen-bond donors (Lipinski definition) is 4. The smallest absolute Gasteiger partial charge is 0.305 e. The minimum Gasteiger partial charge on any atom is -0.506 e. The average Bonchev–Trinajstić information content (AvgIpc) is 2.61. The van der Waals surface area contributed by atoms with E-state index in [0.29, 0.717) is 22.3 Å². The molecule has 0 radical (unpaired) electrons. The minimum absolute atomic E-state index is 0.0220. The number of phenols is 1. The number of aromatic amines is 1. The van der Waals surface area contributed by atoms with Gasteiger partial charge >= 0.3 is 4.87 Å². The number of aliphatic hydroxyl groups is 1. The van der Waals surface area contributed by atoms with E-state index in [2.05, 4.69) is 10.3 Å². The Balaban J connectivity index is 2.62. The summed E-state index contributed by atoms with van der Waals surface area (Å²) < 4.78 is 0.604. The van der Waals surface area contributed by atoms with Crippen molar-refractivity contribution in [2.75, 3.05) is 13.6 Å². The number of aromatic nitrogens is 1. The fourth-order valence-corrected chi connectivity index (χ4v) is 2.52. The van der Waals surface area contributed by atoms with Gasteiger partial charge in [0.2, 0.25) is 0 Å². The molecule has 0 saturated carbocycles. The number of aromatic hydroxyl groups is 1. The van der Waals surface area contributed by atoms with Crippen molar-refractivity contribution in [3.05, 3.63) is 27.4 Å². The molecule has 0 bridgehead atoms. The Kier molecular flexibility index (Phi) is 2.95. The first-order chi connectivity index (χ1) is 7.63. The van der Waals surface area contributed by atoms with Crippen molar-refractivity contribution in [3.8, 4) is 5.75 Å². The van der Waals surface area contributed by atoms with E-state index in [1.165, 1.54) is 6.07 Å². The van der Waals surface area contributed by atoms with Gasteiger partial charge in [0.05, 0.1) is 10.8 Å². The van der Waals surface area contributed by atoms with Crippen molar-refractivity contribution in [2.24, 2.45) is 0 Å². The number of nitrogens with one attached hydrogen (secondary N) is 2. The second-order valence-electron chi connectivity index (χ2n) is 3.47. The molecule has 5 nitrogen and oxygen atoms in total. The van der Waals surface area contributed by atoms with E-state index in [1.54, 1.807) is 13.1 Å². The molecule has 1 aromatic carbocycles. The first-order valence-corrected chi connectivity index (χ1v) is 5.62. The van der Waals surface area contributed by atoms with Gasteiger partial charge in [0, 0.05) is 12.1 Å². The number of thiazole rings is 1. The summed E-state index contributed by atoms with van der Waals surface area (Å²) in [6, 6.07) is 3.10. The maximum absolute atomic E-state index is 11.2. The van der Waals surface area contributed by atoms with E-state index >= 15 is 0 Å². The van der Waals surface area contributed by atoms with Gasteiger partial charge in [0.25, 0.3) is 0 Å². The van der Waals surface area contributed by atoms with Gasteiger partial charge in [-0.05, 0) is 13.1 Å². The quantitative estimate of drug-likeness (QED) is 0.631. The summed E-state index contributed by atoms with van der Waals surface area (Å²) in [5, 5.41) is 22.3. The third-order valence-corrected chi connectivity index (χ3v) is 3.28. The van der Waals surface area contributed by atoms with Crippen LogP contribution >= 0.6 is 11.3 Å². The molecule has 0 amide bonds. The van der Waals surface area contributed by atoms with Crippen LogP contribution in [0.25, 0.3) is 10.2 Å². The van der Waals surface area contributed by atoms with Crippen molar-refractivity contribution in [2.45, 2.75) is 6.10 Å². The highest BCUT2D eigenvalue weighted by Crippen LogP contribution is 2.30. The molecule has 0 aliphatic rings. The summed E-state index contributed by atoms with van der Waals surface area (Å²) in [7, 11) is 1.74. The maximum atomic E-state index is 11.2. The molecule has 1 aromatic heterocycles. The first-order valence-electron chi connectivity index (χ1n) is 4.81.